The molecule has 1 aromatic rings. The van der Waals surface area contributed by atoms with Gasteiger partial charge in [-0.3, -0.25) is 4.79 Å². The smallest absolute Gasteiger partial charge is 0.239 e. The first-order valence-corrected chi connectivity index (χ1v) is 6.99. The number of hydrogen-bond donors (Lipinski definition) is 2. The lowest BCUT2D eigenvalue weighted by atomic mass is 10.1. The van der Waals surface area contributed by atoms with E-state index < -0.39 is 0 Å². The van der Waals surface area contributed by atoms with Crippen LogP contribution >= 0.6 is 12.4 Å². The first kappa shape index (κ1) is 17.8. The minimum atomic E-state index is -0.275. The third-order valence-corrected chi connectivity index (χ3v) is 3.26. The van der Waals surface area contributed by atoms with Crippen LogP contribution in [0.15, 0.2) is 24.3 Å². The summed E-state index contributed by atoms with van der Waals surface area (Å²) in [6.45, 7) is 6.23. The maximum Gasteiger partial charge on any atom is 0.239 e. The summed E-state index contributed by atoms with van der Waals surface area (Å²) in [4.78, 5) is 12.0. The number of hydrogen-bond acceptors (Lipinski definition) is 4. The van der Waals surface area contributed by atoms with E-state index in [9.17, 15) is 4.79 Å². The Bertz CT molecular complexity index is 456. The predicted molar refractivity (Wildman–Crippen MR) is 84.1 cm³/mol. The number of morpholine rings is 1. The zero-order chi connectivity index (χ0) is 14.4. The average Bonchev–Trinajstić information content (AvgIpc) is 2.44. The van der Waals surface area contributed by atoms with Gasteiger partial charge in [0.25, 0.3) is 0 Å². The van der Waals surface area contributed by atoms with Crippen molar-refractivity contribution in [2.75, 3.05) is 26.3 Å². The van der Waals surface area contributed by atoms with Crippen molar-refractivity contribution in [1.82, 2.24) is 10.6 Å². The topological polar surface area (TPSA) is 59.6 Å². The Kier molecular flexibility index (Phi) is 7.50. The maximum absolute atomic E-state index is 12.0. The Balaban J connectivity index is 0.00000220. The Morgan fingerprint density at radius 2 is 2.33 bits per heavy atom. The van der Waals surface area contributed by atoms with E-state index in [-0.39, 0.29) is 30.5 Å². The van der Waals surface area contributed by atoms with Crippen molar-refractivity contribution < 1.29 is 14.3 Å². The molecule has 0 aromatic heterocycles. The molecule has 0 aliphatic carbocycles. The van der Waals surface area contributed by atoms with E-state index in [2.05, 4.69) is 10.6 Å². The van der Waals surface area contributed by atoms with E-state index in [0.717, 1.165) is 11.3 Å². The summed E-state index contributed by atoms with van der Waals surface area (Å²) in [7, 11) is 0. The Labute approximate surface area is 131 Å². The van der Waals surface area contributed by atoms with Crippen molar-refractivity contribution in [3.63, 3.8) is 0 Å². The van der Waals surface area contributed by atoms with Gasteiger partial charge in [0.15, 0.2) is 0 Å². The molecular formula is C15H23ClN2O3. The second kappa shape index (κ2) is 8.87. The molecule has 1 aromatic carbocycles. The quantitative estimate of drug-likeness (QED) is 0.804. The first-order chi connectivity index (χ1) is 9.66. The van der Waals surface area contributed by atoms with Crippen LogP contribution in [0.2, 0.25) is 0 Å². The van der Waals surface area contributed by atoms with E-state index in [1.807, 2.05) is 38.1 Å². The lowest BCUT2D eigenvalue weighted by molar-refractivity contribution is -0.129. The number of nitrogens with one attached hydrogen (secondary N) is 2. The number of carbonyl (C=O) groups excluding carboxylic acids is 1. The molecule has 0 saturated carbocycles. The highest BCUT2D eigenvalue weighted by Crippen LogP contribution is 2.11. The van der Waals surface area contributed by atoms with Gasteiger partial charge < -0.3 is 20.1 Å². The largest absolute Gasteiger partial charge is 0.492 e. The monoisotopic (exact) mass is 314 g/mol. The van der Waals surface area contributed by atoms with Crippen molar-refractivity contribution in [2.45, 2.75) is 26.0 Å². The number of benzene rings is 1. The Morgan fingerprint density at radius 1 is 1.52 bits per heavy atom. The van der Waals surface area contributed by atoms with Crippen molar-refractivity contribution in [1.29, 1.82) is 0 Å². The predicted octanol–water partition coefficient (Wildman–Crippen LogP) is 1.29. The lowest BCUT2D eigenvalue weighted by Crippen LogP contribution is -2.55. The van der Waals surface area contributed by atoms with Gasteiger partial charge in [0, 0.05) is 6.54 Å². The van der Waals surface area contributed by atoms with Crippen LogP contribution in [0.3, 0.4) is 0 Å². The molecule has 0 radical (unpaired) electrons. The molecule has 6 heteroatoms. The zero-order valence-corrected chi connectivity index (χ0v) is 13.2. The second-order valence-corrected chi connectivity index (χ2v) is 4.96. The highest BCUT2D eigenvalue weighted by Gasteiger charge is 2.27. The fraction of sp³-hybridized carbons (Fsp3) is 0.533. The lowest BCUT2D eigenvalue weighted by Gasteiger charge is -2.29. The minimum Gasteiger partial charge on any atom is -0.492 e. The van der Waals surface area contributed by atoms with Crippen LogP contribution < -0.4 is 15.4 Å². The average molecular weight is 315 g/mol. The van der Waals surface area contributed by atoms with Crippen molar-refractivity contribution in [3.05, 3.63) is 29.8 Å². The molecule has 0 bridgehead atoms. The summed E-state index contributed by atoms with van der Waals surface area (Å²) in [6.07, 6.45) is -0.0959. The standard InChI is InChI=1S/C15H22N2O3.ClH/c1-11-4-3-5-13(10-11)20-9-7-17-15(18)14-12(2)19-8-6-16-14;/h3-5,10,12,14,16H,6-9H2,1-2H3,(H,17,18);1H/t12-,14+;/m1./s1. The molecule has 1 amide bonds. The zero-order valence-electron chi connectivity index (χ0n) is 12.4. The molecular weight excluding hydrogens is 292 g/mol. The molecule has 1 aliphatic heterocycles. The molecule has 21 heavy (non-hydrogen) atoms. The fourth-order valence-electron chi connectivity index (χ4n) is 2.19. The van der Waals surface area contributed by atoms with Crippen LogP contribution in [0.1, 0.15) is 12.5 Å². The minimum absolute atomic E-state index is 0. The van der Waals surface area contributed by atoms with Gasteiger partial charge in [0.05, 0.1) is 19.3 Å². The molecule has 2 N–H and O–H groups in total. The highest BCUT2D eigenvalue weighted by atomic mass is 35.5. The van der Waals surface area contributed by atoms with E-state index in [1.165, 1.54) is 0 Å². The van der Waals surface area contributed by atoms with Crippen LogP contribution in [0.4, 0.5) is 0 Å². The number of halogens is 1. The summed E-state index contributed by atoms with van der Waals surface area (Å²) in [5.41, 5.74) is 1.16. The molecule has 1 fully saturated rings. The number of amides is 1. The van der Waals surface area contributed by atoms with Gasteiger partial charge in [0.2, 0.25) is 5.91 Å². The van der Waals surface area contributed by atoms with Crippen LogP contribution in [0.5, 0.6) is 5.75 Å². The van der Waals surface area contributed by atoms with Crippen LogP contribution in [-0.2, 0) is 9.53 Å². The number of aryl methyl sites for hydroxylation is 1. The van der Waals surface area contributed by atoms with Gasteiger partial charge in [-0.2, -0.15) is 0 Å². The van der Waals surface area contributed by atoms with E-state index >= 15 is 0 Å². The molecule has 1 heterocycles. The molecule has 5 nitrogen and oxygen atoms in total. The van der Waals surface area contributed by atoms with E-state index in [4.69, 9.17) is 9.47 Å². The maximum atomic E-state index is 12.0. The summed E-state index contributed by atoms with van der Waals surface area (Å²) in [6, 6.07) is 7.58. The van der Waals surface area contributed by atoms with Crippen LogP contribution in [0.25, 0.3) is 0 Å². The van der Waals surface area contributed by atoms with E-state index in [1.54, 1.807) is 0 Å². The third-order valence-electron chi connectivity index (χ3n) is 3.26. The summed E-state index contributed by atoms with van der Waals surface area (Å²) >= 11 is 0. The number of rotatable bonds is 5. The molecule has 2 rings (SSSR count). The van der Waals surface area contributed by atoms with Gasteiger partial charge in [0.1, 0.15) is 18.4 Å². The number of carbonyl (C=O) groups is 1. The molecule has 1 saturated heterocycles. The summed E-state index contributed by atoms with van der Waals surface area (Å²) in [5.74, 6) is 0.789. The van der Waals surface area contributed by atoms with Gasteiger partial charge >= 0.3 is 0 Å². The van der Waals surface area contributed by atoms with Gasteiger partial charge in [-0.1, -0.05) is 12.1 Å². The highest BCUT2D eigenvalue weighted by molar-refractivity contribution is 5.85. The molecule has 1 aliphatic rings. The summed E-state index contributed by atoms with van der Waals surface area (Å²) < 4.78 is 11.0. The van der Waals surface area contributed by atoms with Crippen LogP contribution in [0, 0.1) is 6.92 Å². The Hall–Kier alpha value is -1.30. The van der Waals surface area contributed by atoms with Crippen molar-refractivity contribution in [2.24, 2.45) is 0 Å². The van der Waals surface area contributed by atoms with Crippen LogP contribution in [-0.4, -0.2) is 44.4 Å². The molecule has 2 atom stereocenters. The number of ether oxygens (including phenoxy) is 2. The SMILES string of the molecule is Cc1cccc(OCCNC(=O)[C@H]2NCCO[C@@H]2C)c1.Cl. The molecule has 118 valence electrons. The van der Waals surface area contributed by atoms with E-state index in [0.29, 0.717) is 26.3 Å². The normalized spacial score (nSPS) is 21.2. The van der Waals surface area contributed by atoms with Gasteiger partial charge in [-0.05, 0) is 31.5 Å². The molecule has 0 spiro atoms. The summed E-state index contributed by atoms with van der Waals surface area (Å²) in [5, 5.41) is 6.02. The second-order valence-electron chi connectivity index (χ2n) is 4.96. The Morgan fingerprint density at radius 3 is 3.05 bits per heavy atom. The molecule has 0 unspecified atom stereocenters. The van der Waals surface area contributed by atoms with Gasteiger partial charge in [-0.25, -0.2) is 0 Å². The fourth-order valence-corrected chi connectivity index (χ4v) is 2.19. The first-order valence-electron chi connectivity index (χ1n) is 6.99. The third kappa shape index (κ3) is 5.53. The van der Waals surface area contributed by atoms with Gasteiger partial charge in [-0.15, -0.1) is 12.4 Å². The van der Waals surface area contributed by atoms with Crippen molar-refractivity contribution in [3.8, 4) is 5.75 Å². The van der Waals surface area contributed by atoms with Crippen molar-refractivity contribution >= 4 is 18.3 Å².